The highest BCUT2D eigenvalue weighted by atomic mass is 19.1. The standard InChI is InChI=1S/C21H23FNO/c1-15-11-19(17-5-3-2-4-6-17)21-20(12-15)23(14-24-21)13-16-7-9-18(22)10-8-16/h7-13,17H,2-6,14H2,1H3/q+1/b23-13-. The summed E-state index contributed by atoms with van der Waals surface area (Å²) >= 11 is 0. The average Bonchev–Trinajstić information content (AvgIpc) is 3.00. The zero-order valence-electron chi connectivity index (χ0n) is 14.1. The molecule has 0 bridgehead atoms. The predicted octanol–water partition coefficient (Wildman–Crippen LogP) is 5.29. The van der Waals surface area contributed by atoms with Crippen LogP contribution in [0.25, 0.3) is 0 Å². The fourth-order valence-electron chi connectivity index (χ4n) is 3.91. The first-order valence-corrected chi connectivity index (χ1v) is 8.85. The van der Waals surface area contributed by atoms with Gasteiger partial charge in [-0.15, -0.1) is 0 Å². The summed E-state index contributed by atoms with van der Waals surface area (Å²) in [5, 5.41) is 0. The smallest absolute Gasteiger partial charge is 0.293 e. The topological polar surface area (TPSA) is 12.2 Å². The van der Waals surface area contributed by atoms with E-state index in [4.69, 9.17) is 4.74 Å². The Balaban J connectivity index is 1.72. The van der Waals surface area contributed by atoms with Crippen LogP contribution in [0.4, 0.5) is 10.1 Å². The first kappa shape index (κ1) is 15.4. The average molecular weight is 324 g/mol. The molecule has 1 fully saturated rings. The number of hydrogen-bond donors (Lipinski definition) is 0. The van der Waals surface area contributed by atoms with Crippen molar-refractivity contribution in [2.45, 2.75) is 44.9 Å². The number of benzene rings is 2. The van der Waals surface area contributed by atoms with Crippen LogP contribution in [0.3, 0.4) is 0 Å². The van der Waals surface area contributed by atoms with E-state index >= 15 is 0 Å². The van der Waals surface area contributed by atoms with Gasteiger partial charge in [0, 0.05) is 17.2 Å². The van der Waals surface area contributed by atoms with Gasteiger partial charge in [0.1, 0.15) is 5.82 Å². The van der Waals surface area contributed by atoms with E-state index < -0.39 is 0 Å². The van der Waals surface area contributed by atoms with Crippen molar-refractivity contribution in [3.63, 3.8) is 0 Å². The summed E-state index contributed by atoms with van der Waals surface area (Å²) in [6.07, 6.45) is 8.56. The van der Waals surface area contributed by atoms with Gasteiger partial charge in [-0.05, 0) is 55.5 Å². The minimum Gasteiger partial charge on any atom is -0.429 e. The fraction of sp³-hybridized carbons (Fsp3) is 0.381. The summed E-state index contributed by atoms with van der Waals surface area (Å²) in [6.45, 7) is 2.68. The number of halogens is 1. The molecule has 0 saturated heterocycles. The monoisotopic (exact) mass is 324 g/mol. The zero-order chi connectivity index (χ0) is 16.5. The number of fused-ring (bicyclic) bond motifs is 1. The van der Waals surface area contributed by atoms with E-state index in [1.54, 1.807) is 12.1 Å². The van der Waals surface area contributed by atoms with Gasteiger partial charge >= 0.3 is 0 Å². The normalized spacial score (nSPS) is 19.3. The van der Waals surface area contributed by atoms with Crippen LogP contribution in [0.1, 0.15) is 54.7 Å². The molecule has 0 unspecified atom stereocenters. The van der Waals surface area contributed by atoms with E-state index in [0.717, 1.165) is 17.0 Å². The predicted molar refractivity (Wildman–Crippen MR) is 94.0 cm³/mol. The van der Waals surface area contributed by atoms with Crippen molar-refractivity contribution >= 4 is 11.9 Å². The molecular weight excluding hydrogens is 301 g/mol. The fourth-order valence-corrected chi connectivity index (χ4v) is 3.91. The van der Waals surface area contributed by atoms with Gasteiger partial charge < -0.3 is 4.74 Å². The molecule has 1 aliphatic carbocycles. The van der Waals surface area contributed by atoms with Gasteiger partial charge in [0.15, 0.2) is 6.21 Å². The Morgan fingerprint density at radius 2 is 1.83 bits per heavy atom. The number of nitrogens with zero attached hydrogens (tertiary/aromatic N) is 1. The molecule has 0 amide bonds. The van der Waals surface area contributed by atoms with Gasteiger partial charge in [-0.25, -0.2) is 4.39 Å². The molecule has 1 aliphatic heterocycles. The molecule has 2 aromatic carbocycles. The molecule has 0 radical (unpaired) electrons. The van der Waals surface area contributed by atoms with Gasteiger partial charge in [-0.1, -0.05) is 25.3 Å². The highest BCUT2D eigenvalue weighted by molar-refractivity contribution is 5.77. The maximum absolute atomic E-state index is 13.1. The molecule has 2 aliphatic rings. The lowest BCUT2D eigenvalue weighted by Crippen LogP contribution is -2.07. The van der Waals surface area contributed by atoms with E-state index in [1.165, 1.54) is 55.4 Å². The zero-order valence-corrected chi connectivity index (χ0v) is 14.1. The summed E-state index contributed by atoms with van der Waals surface area (Å²) in [4.78, 5) is 0. The summed E-state index contributed by atoms with van der Waals surface area (Å²) in [5.74, 6) is 1.46. The Labute approximate surface area is 142 Å². The van der Waals surface area contributed by atoms with E-state index in [1.807, 2.05) is 6.21 Å². The van der Waals surface area contributed by atoms with Gasteiger partial charge in [-0.2, -0.15) is 4.58 Å². The second-order valence-corrected chi connectivity index (χ2v) is 6.96. The van der Waals surface area contributed by atoms with E-state index in [-0.39, 0.29) is 5.82 Å². The molecule has 0 atom stereocenters. The van der Waals surface area contributed by atoms with Gasteiger partial charge in [0.05, 0.1) is 0 Å². The van der Waals surface area contributed by atoms with Crippen LogP contribution in [0.5, 0.6) is 5.75 Å². The van der Waals surface area contributed by atoms with Crippen molar-refractivity contribution in [3.05, 3.63) is 58.9 Å². The number of aryl methyl sites for hydroxylation is 1. The SMILES string of the molecule is Cc1cc(C2CCCCC2)c2c(c1)/[N+](=C\c1ccc(F)cc1)CO2. The lowest BCUT2D eigenvalue weighted by molar-refractivity contribution is -0.452. The molecule has 0 aromatic heterocycles. The maximum atomic E-state index is 13.1. The number of ether oxygens (including phenoxy) is 1. The molecule has 24 heavy (non-hydrogen) atoms. The molecular formula is C21H23FNO+. The summed E-state index contributed by atoms with van der Waals surface area (Å²) in [6, 6.07) is 11.1. The third kappa shape index (κ3) is 2.95. The number of rotatable bonds is 2. The van der Waals surface area contributed by atoms with Crippen LogP contribution in [0, 0.1) is 12.7 Å². The highest BCUT2D eigenvalue weighted by Gasteiger charge is 2.31. The molecule has 0 N–H and O–H groups in total. The van der Waals surface area contributed by atoms with Crippen molar-refractivity contribution in [1.29, 1.82) is 0 Å². The minimum atomic E-state index is -0.208. The van der Waals surface area contributed by atoms with Crippen LogP contribution in [-0.4, -0.2) is 17.5 Å². The maximum Gasteiger partial charge on any atom is 0.293 e. The van der Waals surface area contributed by atoms with Crippen molar-refractivity contribution < 1.29 is 13.7 Å². The summed E-state index contributed by atoms with van der Waals surface area (Å²) < 4.78 is 21.3. The molecule has 0 spiro atoms. The molecule has 2 nitrogen and oxygen atoms in total. The summed E-state index contributed by atoms with van der Waals surface area (Å²) in [5.41, 5.74) is 4.77. The van der Waals surface area contributed by atoms with Crippen LogP contribution in [0.15, 0.2) is 36.4 Å². The lowest BCUT2D eigenvalue weighted by atomic mass is 9.83. The quantitative estimate of drug-likeness (QED) is 0.683. The second kappa shape index (κ2) is 6.39. The van der Waals surface area contributed by atoms with Crippen molar-refractivity contribution in [1.82, 2.24) is 0 Å². The van der Waals surface area contributed by atoms with Crippen LogP contribution in [0.2, 0.25) is 0 Å². The number of hydrogen-bond acceptors (Lipinski definition) is 1. The van der Waals surface area contributed by atoms with Crippen LogP contribution < -0.4 is 4.74 Å². The van der Waals surface area contributed by atoms with Gasteiger partial charge in [0.2, 0.25) is 5.75 Å². The Kier molecular flexibility index (Phi) is 4.09. The van der Waals surface area contributed by atoms with Crippen molar-refractivity contribution in [2.75, 3.05) is 6.73 Å². The Morgan fingerprint density at radius 3 is 2.58 bits per heavy atom. The molecule has 124 valence electrons. The van der Waals surface area contributed by atoms with Crippen LogP contribution in [-0.2, 0) is 0 Å². The molecule has 3 heteroatoms. The first-order valence-electron chi connectivity index (χ1n) is 8.85. The third-order valence-electron chi connectivity index (χ3n) is 5.12. The van der Waals surface area contributed by atoms with Gasteiger partial charge in [-0.3, -0.25) is 0 Å². The van der Waals surface area contributed by atoms with Crippen molar-refractivity contribution in [2.24, 2.45) is 0 Å². The highest BCUT2D eigenvalue weighted by Crippen LogP contribution is 2.44. The largest absolute Gasteiger partial charge is 0.429 e. The van der Waals surface area contributed by atoms with Gasteiger partial charge in [0.25, 0.3) is 12.4 Å². The molecule has 1 heterocycles. The second-order valence-electron chi connectivity index (χ2n) is 6.96. The summed E-state index contributed by atoms with van der Waals surface area (Å²) in [7, 11) is 0. The van der Waals surface area contributed by atoms with Crippen LogP contribution >= 0.6 is 0 Å². The first-order chi connectivity index (χ1) is 11.7. The van der Waals surface area contributed by atoms with Crippen molar-refractivity contribution in [3.8, 4) is 5.75 Å². The lowest BCUT2D eigenvalue weighted by Gasteiger charge is -2.22. The van der Waals surface area contributed by atoms with E-state index in [9.17, 15) is 4.39 Å². The van der Waals surface area contributed by atoms with E-state index in [2.05, 4.69) is 23.6 Å². The minimum absolute atomic E-state index is 0.208. The molecule has 4 rings (SSSR count). The molecule has 1 saturated carbocycles. The molecule has 2 aromatic rings. The third-order valence-corrected chi connectivity index (χ3v) is 5.12. The Morgan fingerprint density at radius 1 is 1.08 bits per heavy atom. The Hall–Kier alpha value is -2.16. The van der Waals surface area contributed by atoms with E-state index in [0.29, 0.717) is 12.6 Å². The Bertz CT molecular complexity index is 773.